The van der Waals surface area contributed by atoms with Gasteiger partial charge in [-0.2, -0.15) is 4.31 Å². The summed E-state index contributed by atoms with van der Waals surface area (Å²) in [6, 6.07) is 6.13. The van der Waals surface area contributed by atoms with Crippen LogP contribution in [0.2, 0.25) is 0 Å². The minimum atomic E-state index is -3.38. The molecule has 98 valence electrons. The van der Waals surface area contributed by atoms with Gasteiger partial charge in [0.15, 0.2) is 5.78 Å². The molecular weight excluding hydrogens is 318 g/mol. The smallest absolute Gasteiger partial charge is 0.243 e. The fourth-order valence-electron chi connectivity index (χ4n) is 1.97. The molecular formula is C12H14BrNO3S. The quantitative estimate of drug-likeness (QED) is 0.626. The van der Waals surface area contributed by atoms with Crippen LogP contribution < -0.4 is 0 Å². The number of ketones is 1. The predicted molar refractivity (Wildman–Crippen MR) is 72.6 cm³/mol. The lowest BCUT2D eigenvalue weighted by atomic mass is 10.2. The van der Waals surface area contributed by atoms with Crippen molar-refractivity contribution in [2.24, 2.45) is 0 Å². The molecule has 0 aliphatic carbocycles. The lowest BCUT2D eigenvalue weighted by Gasteiger charge is -2.15. The maximum absolute atomic E-state index is 12.2. The highest BCUT2D eigenvalue weighted by atomic mass is 79.9. The molecule has 0 N–H and O–H groups in total. The van der Waals surface area contributed by atoms with Gasteiger partial charge in [-0.3, -0.25) is 4.79 Å². The summed E-state index contributed by atoms with van der Waals surface area (Å²) >= 11 is 3.09. The summed E-state index contributed by atoms with van der Waals surface area (Å²) in [5.74, 6) is -0.0554. The second-order valence-electron chi connectivity index (χ2n) is 4.19. The Morgan fingerprint density at radius 2 is 1.72 bits per heavy atom. The average Bonchev–Trinajstić information content (AvgIpc) is 2.92. The van der Waals surface area contributed by atoms with Crippen LogP contribution in [-0.4, -0.2) is 36.9 Å². The van der Waals surface area contributed by atoms with Gasteiger partial charge in [-0.25, -0.2) is 8.42 Å². The fourth-order valence-corrected chi connectivity index (χ4v) is 3.81. The molecule has 1 aromatic rings. The molecule has 2 rings (SSSR count). The van der Waals surface area contributed by atoms with Gasteiger partial charge in [0.2, 0.25) is 10.0 Å². The van der Waals surface area contributed by atoms with Gasteiger partial charge in [-0.15, -0.1) is 0 Å². The number of halogens is 1. The molecule has 0 radical (unpaired) electrons. The Bertz CT molecular complexity index is 533. The number of carbonyl (C=O) groups excluding carboxylic acids is 1. The molecule has 1 fully saturated rings. The molecule has 0 spiro atoms. The predicted octanol–water partition coefficient (Wildman–Crippen LogP) is 2.05. The summed E-state index contributed by atoms with van der Waals surface area (Å²) < 4.78 is 25.9. The van der Waals surface area contributed by atoms with Gasteiger partial charge < -0.3 is 0 Å². The standard InChI is InChI=1S/C12H14BrNO3S/c13-9-12(15)10-3-5-11(6-4-10)18(16,17)14-7-1-2-8-14/h3-6H,1-2,7-9H2. The van der Waals surface area contributed by atoms with Gasteiger partial charge in [-0.1, -0.05) is 28.1 Å². The van der Waals surface area contributed by atoms with Crippen molar-refractivity contribution in [3.63, 3.8) is 0 Å². The van der Waals surface area contributed by atoms with Crippen molar-refractivity contribution >= 4 is 31.7 Å². The summed E-state index contributed by atoms with van der Waals surface area (Å²) in [7, 11) is -3.38. The molecule has 6 heteroatoms. The second kappa shape index (κ2) is 5.50. The van der Waals surface area contributed by atoms with Crippen molar-refractivity contribution in [2.75, 3.05) is 18.4 Å². The van der Waals surface area contributed by atoms with Gasteiger partial charge >= 0.3 is 0 Å². The van der Waals surface area contributed by atoms with Crippen LogP contribution in [0.3, 0.4) is 0 Å². The van der Waals surface area contributed by atoms with E-state index in [-0.39, 0.29) is 16.0 Å². The zero-order chi connectivity index (χ0) is 13.2. The summed E-state index contributed by atoms with van der Waals surface area (Å²) in [5.41, 5.74) is 0.521. The van der Waals surface area contributed by atoms with Gasteiger partial charge in [0, 0.05) is 18.7 Å². The Morgan fingerprint density at radius 3 is 2.22 bits per heavy atom. The number of rotatable bonds is 4. The monoisotopic (exact) mass is 331 g/mol. The molecule has 1 heterocycles. The summed E-state index contributed by atoms with van der Waals surface area (Å²) in [6.45, 7) is 1.18. The van der Waals surface area contributed by atoms with Crippen LogP contribution in [0.25, 0.3) is 0 Å². The van der Waals surface area contributed by atoms with E-state index in [1.54, 1.807) is 12.1 Å². The van der Waals surface area contributed by atoms with Crippen LogP contribution in [0.1, 0.15) is 23.2 Å². The van der Waals surface area contributed by atoms with Crippen molar-refractivity contribution in [1.82, 2.24) is 4.31 Å². The lowest BCUT2D eigenvalue weighted by molar-refractivity contribution is 0.102. The van der Waals surface area contributed by atoms with Gasteiger partial charge in [-0.05, 0) is 25.0 Å². The third-order valence-corrected chi connectivity index (χ3v) is 5.42. The highest BCUT2D eigenvalue weighted by Gasteiger charge is 2.26. The third kappa shape index (κ3) is 2.65. The first-order valence-electron chi connectivity index (χ1n) is 5.75. The number of nitrogens with zero attached hydrogens (tertiary/aromatic N) is 1. The first-order valence-corrected chi connectivity index (χ1v) is 8.31. The van der Waals surface area contributed by atoms with Crippen LogP contribution in [0, 0.1) is 0 Å². The third-order valence-electron chi connectivity index (χ3n) is 3.00. The van der Waals surface area contributed by atoms with E-state index >= 15 is 0 Å². The van der Waals surface area contributed by atoms with Crippen LogP contribution in [0.5, 0.6) is 0 Å². The van der Waals surface area contributed by atoms with E-state index in [1.165, 1.54) is 16.4 Å². The van der Waals surface area contributed by atoms with Crippen LogP contribution >= 0.6 is 15.9 Å². The number of hydrogen-bond donors (Lipinski definition) is 0. The average molecular weight is 332 g/mol. The normalized spacial score (nSPS) is 16.9. The first-order chi connectivity index (χ1) is 8.55. The van der Waals surface area contributed by atoms with Crippen molar-refractivity contribution in [3.8, 4) is 0 Å². The molecule has 1 aliphatic heterocycles. The zero-order valence-corrected chi connectivity index (χ0v) is 12.2. The first kappa shape index (κ1) is 13.7. The van der Waals surface area contributed by atoms with E-state index in [2.05, 4.69) is 15.9 Å². The van der Waals surface area contributed by atoms with Crippen LogP contribution in [-0.2, 0) is 10.0 Å². The molecule has 0 aromatic heterocycles. The highest BCUT2D eigenvalue weighted by Crippen LogP contribution is 2.21. The van der Waals surface area contributed by atoms with E-state index in [4.69, 9.17) is 0 Å². The molecule has 0 atom stereocenters. The fraction of sp³-hybridized carbons (Fsp3) is 0.417. The van der Waals surface area contributed by atoms with Crippen LogP contribution in [0.15, 0.2) is 29.2 Å². The van der Waals surface area contributed by atoms with Crippen molar-refractivity contribution in [1.29, 1.82) is 0 Å². The van der Waals surface area contributed by atoms with E-state index in [1.807, 2.05) is 0 Å². The number of alkyl halides is 1. The molecule has 18 heavy (non-hydrogen) atoms. The molecule has 1 saturated heterocycles. The van der Waals surface area contributed by atoms with Gasteiger partial charge in [0.25, 0.3) is 0 Å². The Morgan fingerprint density at radius 1 is 1.17 bits per heavy atom. The van der Waals surface area contributed by atoms with Crippen molar-refractivity contribution in [2.45, 2.75) is 17.7 Å². The van der Waals surface area contributed by atoms with E-state index < -0.39 is 10.0 Å². The Balaban J connectivity index is 2.26. The van der Waals surface area contributed by atoms with Gasteiger partial charge in [0.1, 0.15) is 0 Å². The lowest BCUT2D eigenvalue weighted by Crippen LogP contribution is -2.27. The minimum Gasteiger partial charge on any atom is -0.293 e. The summed E-state index contributed by atoms with van der Waals surface area (Å²) in [6.07, 6.45) is 1.83. The van der Waals surface area contributed by atoms with Crippen molar-refractivity contribution in [3.05, 3.63) is 29.8 Å². The number of carbonyl (C=O) groups is 1. The maximum Gasteiger partial charge on any atom is 0.243 e. The Labute approximate surface area is 115 Å². The van der Waals surface area contributed by atoms with E-state index in [0.29, 0.717) is 18.7 Å². The molecule has 4 nitrogen and oxygen atoms in total. The zero-order valence-electron chi connectivity index (χ0n) is 9.80. The topological polar surface area (TPSA) is 54.5 Å². The Kier molecular flexibility index (Phi) is 4.19. The SMILES string of the molecule is O=C(CBr)c1ccc(S(=O)(=O)N2CCCC2)cc1. The maximum atomic E-state index is 12.2. The largest absolute Gasteiger partial charge is 0.293 e. The highest BCUT2D eigenvalue weighted by molar-refractivity contribution is 9.09. The molecule has 0 saturated carbocycles. The van der Waals surface area contributed by atoms with Crippen molar-refractivity contribution < 1.29 is 13.2 Å². The van der Waals surface area contributed by atoms with E-state index in [9.17, 15) is 13.2 Å². The number of sulfonamides is 1. The number of hydrogen-bond acceptors (Lipinski definition) is 3. The van der Waals surface area contributed by atoms with Gasteiger partial charge in [0.05, 0.1) is 10.2 Å². The van der Waals surface area contributed by atoms with Crippen LogP contribution in [0.4, 0.5) is 0 Å². The molecule has 0 bridgehead atoms. The molecule has 1 aromatic carbocycles. The Hall–Kier alpha value is -0.720. The molecule has 0 unspecified atom stereocenters. The summed E-state index contributed by atoms with van der Waals surface area (Å²) in [5, 5.41) is 0.241. The molecule has 1 aliphatic rings. The number of Topliss-reactive ketones (excluding diaryl/α,β-unsaturated/α-hetero) is 1. The molecule has 0 amide bonds. The van der Waals surface area contributed by atoms with E-state index in [0.717, 1.165) is 12.8 Å². The minimum absolute atomic E-state index is 0.0554. The summed E-state index contributed by atoms with van der Waals surface area (Å²) in [4.78, 5) is 11.7. The number of benzene rings is 1. The second-order valence-corrected chi connectivity index (χ2v) is 6.69.